The van der Waals surface area contributed by atoms with Gasteiger partial charge in [0.1, 0.15) is 0 Å². The summed E-state index contributed by atoms with van der Waals surface area (Å²) in [5.41, 5.74) is 4.92. The lowest BCUT2D eigenvalue weighted by Gasteiger charge is -2.34. The smallest absolute Gasteiger partial charge is 0.0195 e. The second-order valence-electron chi connectivity index (χ2n) is 7.12. The molecule has 3 rings (SSSR count). The summed E-state index contributed by atoms with van der Waals surface area (Å²) >= 11 is 0. The van der Waals surface area contributed by atoms with Gasteiger partial charge in [0.25, 0.3) is 0 Å². The lowest BCUT2D eigenvalue weighted by atomic mass is 9.71. The van der Waals surface area contributed by atoms with Crippen LogP contribution in [0.25, 0.3) is 5.57 Å². The average molecular weight is 282 g/mol. The Hall–Kier alpha value is -1.04. The van der Waals surface area contributed by atoms with Crippen molar-refractivity contribution in [2.24, 2.45) is 11.8 Å². The maximum absolute atomic E-state index is 2.40. The van der Waals surface area contributed by atoms with Gasteiger partial charge in [-0.15, -0.1) is 0 Å². The Balaban J connectivity index is 1.93. The second kappa shape index (κ2) is 7.29. The van der Waals surface area contributed by atoms with Gasteiger partial charge in [0.2, 0.25) is 0 Å². The molecule has 0 heterocycles. The van der Waals surface area contributed by atoms with Crippen molar-refractivity contribution in [3.8, 4) is 0 Å². The summed E-state index contributed by atoms with van der Waals surface area (Å²) in [4.78, 5) is 0. The molecule has 0 atom stereocenters. The van der Waals surface area contributed by atoms with Crippen LogP contribution < -0.4 is 0 Å². The molecule has 0 nitrogen and oxygen atoms in total. The zero-order chi connectivity index (χ0) is 14.5. The van der Waals surface area contributed by atoms with Crippen LogP contribution in [0.4, 0.5) is 0 Å². The van der Waals surface area contributed by atoms with Gasteiger partial charge >= 0.3 is 0 Å². The molecular weight excluding hydrogens is 252 g/mol. The van der Waals surface area contributed by atoms with E-state index < -0.39 is 0 Å². The van der Waals surface area contributed by atoms with Crippen LogP contribution >= 0.6 is 0 Å². The minimum absolute atomic E-state index is 0.877. The van der Waals surface area contributed by atoms with Gasteiger partial charge < -0.3 is 0 Å². The molecule has 2 aliphatic carbocycles. The zero-order valence-electron chi connectivity index (χ0n) is 13.6. The van der Waals surface area contributed by atoms with Gasteiger partial charge in [-0.25, -0.2) is 0 Å². The monoisotopic (exact) mass is 282 g/mol. The van der Waals surface area contributed by atoms with E-state index in [-0.39, 0.29) is 0 Å². The SMILES string of the molecule is CC(=C(C1CCCCC1)C1CCCCC1)c1ccccc1. The van der Waals surface area contributed by atoms with Gasteiger partial charge in [-0.05, 0) is 55.6 Å². The van der Waals surface area contributed by atoms with Crippen molar-refractivity contribution in [2.45, 2.75) is 71.1 Å². The summed E-state index contributed by atoms with van der Waals surface area (Å²) in [6.07, 6.45) is 14.5. The topological polar surface area (TPSA) is 0 Å². The summed E-state index contributed by atoms with van der Waals surface area (Å²) < 4.78 is 0. The Morgan fingerprint density at radius 1 is 0.714 bits per heavy atom. The van der Waals surface area contributed by atoms with E-state index in [4.69, 9.17) is 0 Å². The van der Waals surface area contributed by atoms with Crippen molar-refractivity contribution in [1.82, 2.24) is 0 Å². The summed E-state index contributed by atoms with van der Waals surface area (Å²) in [5.74, 6) is 1.75. The molecule has 0 aliphatic heterocycles. The van der Waals surface area contributed by atoms with Crippen LogP contribution in [0.1, 0.15) is 76.7 Å². The zero-order valence-corrected chi connectivity index (χ0v) is 13.6. The Kier molecular flexibility index (Phi) is 5.17. The van der Waals surface area contributed by atoms with Gasteiger partial charge in [-0.2, -0.15) is 0 Å². The molecule has 0 aromatic heterocycles. The van der Waals surface area contributed by atoms with E-state index in [9.17, 15) is 0 Å². The standard InChI is InChI=1S/C21H30/c1-17(18-11-5-2-6-12-18)21(19-13-7-3-8-14-19)20-15-9-4-10-16-20/h2,5-6,11-12,19-20H,3-4,7-10,13-16H2,1H3. The number of allylic oxidation sites excluding steroid dienone is 2. The molecular formula is C21H30. The maximum atomic E-state index is 2.40. The fourth-order valence-corrected chi connectivity index (χ4v) is 4.63. The molecule has 0 amide bonds. The third kappa shape index (κ3) is 3.59. The molecule has 2 fully saturated rings. The molecule has 2 aliphatic rings. The Labute approximate surface area is 130 Å². The molecule has 0 heteroatoms. The highest BCUT2D eigenvalue weighted by atomic mass is 14.3. The first kappa shape index (κ1) is 14.9. The van der Waals surface area contributed by atoms with E-state index in [0.717, 1.165) is 11.8 Å². The lowest BCUT2D eigenvalue weighted by Crippen LogP contribution is -2.20. The second-order valence-corrected chi connectivity index (χ2v) is 7.12. The van der Waals surface area contributed by atoms with Crippen molar-refractivity contribution in [3.05, 3.63) is 41.5 Å². The van der Waals surface area contributed by atoms with Crippen molar-refractivity contribution < 1.29 is 0 Å². The highest BCUT2D eigenvalue weighted by molar-refractivity contribution is 5.67. The van der Waals surface area contributed by atoms with Crippen LogP contribution in [-0.2, 0) is 0 Å². The van der Waals surface area contributed by atoms with Gasteiger partial charge in [-0.1, -0.05) is 74.4 Å². The summed E-state index contributed by atoms with van der Waals surface area (Å²) in [7, 11) is 0. The summed E-state index contributed by atoms with van der Waals surface area (Å²) in [6, 6.07) is 11.1. The minimum Gasteiger partial charge on any atom is -0.0622 e. The number of benzene rings is 1. The van der Waals surface area contributed by atoms with E-state index >= 15 is 0 Å². The average Bonchev–Trinajstić information content (AvgIpc) is 2.58. The number of rotatable bonds is 3. The van der Waals surface area contributed by atoms with E-state index in [1.165, 1.54) is 69.8 Å². The molecule has 0 unspecified atom stereocenters. The molecule has 114 valence electrons. The molecule has 0 N–H and O–H groups in total. The number of hydrogen-bond acceptors (Lipinski definition) is 0. The third-order valence-electron chi connectivity index (χ3n) is 5.73. The summed E-state index contributed by atoms with van der Waals surface area (Å²) in [5, 5.41) is 0. The quantitative estimate of drug-likeness (QED) is 0.584. The molecule has 21 heavy (non-hydrogen) atoms. The summed E-state index contributed by atoms with van der Waals surface area (Å²) in [6.45, 7) is 2.40. The number of hydrogen-bond donors (Lipinski definition) is 0. The highest BCUT2D eigenvalue weighted by Gasteiger charge is 2.27. The molecule has 1 aromatic rings. The molecule has 0 radical (unpaired) electrons. The van der Waals surface area contributed by atoms with E-state index in [1.807, 2.05) is 5.57 Å². The largest absolute Gasteiger partial charge is 0.0622 e. The van der Waals surface area contributed by atoms with Gasteiger partial charge in [0.05, 0.1) is 0 Å². The van der Waals surface area contributed by atoms with Gasteiger partial charge in [-0.3, -0.25) is 0 Å². The molecule has 1 aromatic carbocycles. The Morgan fingerprint density at radius 2 is 1.19 bits per heavy atom. The van der Waals surface area contributed by atoms with Gasteiger partial charge in [0.15, 0.2) is 0 Å². The molecule has 0 saturated heterocycles. The fourth-order valence-electron chi connectivity index (χ4n) is 4.63. The van der Waals surface area contributed by atoms with Crippen LogP contribution in [0.2, 0.25) is 0 Å². The van der Waals surface area contributed by atoms with E-state index in [1.54, 1.807) is 5.57 Å². The predicted octanol–water partition coefficient (Wildman–Crippen LogP) is 6.62. The predicted molar refractivity (Wildman–Crippen MR) is 92.2 cm³/mol. The molecule has 0 spiro atoms. The third-order valence-corrected chi connectivity index (χ3v) is 5.73. The van der Waals surface area contributed by atoms with E-state index in [0.29, 0.717) is 0 Å². The minimum atomic E-state index is 0.877. The van der Waals surface area contributed by atoms with Crippen molar-refractivity contribution in [2.75, 3.05) is 0 Å². The van der Waals surface area contributed by atoms with Crippen LogP contribution in [0.15, 0.2) is 35.9 Å². The van der Waals surface area contributed by atoms with Crippen LogP contribution in [0.5, 0.6) is 0 Å². The van der Waals surface area contributed by atoms with Gasteiger partial charge in [0, 0.05) is 0 Å². The maximum Gasteiger partial charge on any atom is -0.0195 e. The van der Waals surface area contributed by atoms with Crippen LogP contribution in [-0.4, -0.2) is 0 Å². The van der Waals surface area contributed by atoms with E-state index in [2.05, 4.69) is 37.3 Å². The lowest BCUT2D eigenvalue weighted by molar-refractivity contribution is 0.327. The highest BCUT2D eigenvalue weighted by Crippen LogP contribution is 2.42. The Bertz CT molecular complexity index is 436. The molecule has 0 bridgehead atoms. The van der Waals surface area contributed by atoms with Crippen molar-refractivity contribution in [1.29, 1.82) is 0 Å². The van der Waals surface area contributed by atoms with Crippen molar-refractivity contribution in [3.63, 3.8) is 0 Å². The normalized spacial score (nSPS) is 21.2. The first-order chi connectivity index (χ1) is 10.4. The first-order valence-electron chi connectivity index (χ1n) is 9.12. The van der Waals surface area contributed by atoms with Crippen LogP contribution in [0.3, 0.4) is 0 Å². The van der Waals surface area contributed by atoms with Crippen LogP contribution in [0, 0.1) is 11.8 Å². The first-order valence-corrected chi connectivity index (χ1v) is 9.12. The fraction of sp³-hybridized carbons (Fsp3) is 0.619. The Morgan fingerprint density at radius 3 is 1.67 bits per heavy atom. The molecule has 2 saturated carbocycles. The van der Waals surface area contributed by atoms with Crippen molar-refractivity contribution >= 4 is 5.57 Å².